The Bertz CT molecular complexity index is 349. The predicted octanol–water partition coefficient (Wildman–Crippen LogP) is 3.56. The van der Waals surface area contributed by atoms with Crippen molar-refractivity contribution in [2.75, 3.05) is 6.61 Å². The Balaban J connectivity index is 2.50. The maximum absolute atomic E-state index is 11.9. The molecule has 1 unspecified atom stereocenters. The Morgan fingerprint density at radius 2 is 1.72 bits per heavy atom. The molecule has 1 aromatic rings. The quantitative estimate of drug-likeness (QED) is 0.787. The molecule has 0 N–H and O–H groups in total. The topological polar surface area (TPSA) is 38.4 Å². The van der Waals surface area contributed by atoms with Gasteiger partial charge in [0.1, 0.15) is 11.5 Å². The van der Waals surface area contributed by atoms with E-state index >= 15 is 0 Å². The third-order valence-electron chi connectivity index (χ3n) is 2.15. The minimum absolute atomic E-state index is 0.145. The van der Waals surface area contributed by atoms with Gasteiger partial charge in [-0.05, 0) is 44.0 Å². The van der Waals surface area contributed by atoms with Crippen LogP contribution in [-0.4, -0.2) is 19.1 Å². The van der Waals surface area contributed by atoms with Gasteiger partial charge in [-0.3, -0.25) is 0 Å². The van der Waals surface area contributed by atoms with Gasteiger partial charge >= 0.3 is 6.36 Å². The van der Waals surface area contributed by atoms with Gasteiger partial charge in [-0.15, -0.1) is 13.2 Å². The Labute approximate surface area is 103 Å². The van der Waals surface area contributed by atoms with Gasteiger partial charge < -0.3 is 9.47 Å². The zero-order chi connectivity index (χ0) is 13.6. The highest BCUT2D eigenvalue weighted by Crippen LogP contribution is 2.25. The van der Waals surface area contributed by atoms with Gasteiger partial charge in [0.05, 0.1) is 12.7 Å². The van der Waals surface area contributed by atoms with Crippen LogP contribution < -0.4 is 9.47 Å². The molecule has 0 spiro atoms. The van der Waals surface area contributed by atoms with Crippen LogP contribution in [0.3, 0.4) is 0 Å². The van der Waals surface area contributed by atoms with E-state index in [4.69, 9.17) is 4.74 Å². The van der Waals surface area contributed by atoms with E-state index in [1.807, 2.05) is 0 Å². The number of benzene rings is 1. The fourth-order valence-electron chi connectivity index (χ4n) is 1.38. The summed E-state index contributed by atoms with van der Waals surface area (Å²) in [6.45, 7) is 1.64. The standard InChI is InChI=1S/C12H14F3O3/c1-9(3-2-8-16)17-10-4-6-11(7-5-10)18-12(13,14)15/h4-7,9H,2-3,8H2,1H3. The number of hydrogen-bond acceptors (Lipinski definition) is 2. The van der Waals surface area contributed by atoms with Crippen molar-refractivity contribution in [3.05, 3.63) is 24.3 Å². The highest BCUT2D eigenvalue weighted by atomic mass is 19.4. The molecule has 0 aromatic heterocycles. The number of rotatable bonds is 6. The minimum atomic E-state index is -4.69. The van der Waals surface area contributed by atoms with Gasteiger partial charge in [0.25, 0.3) is 0 Å². The lowest BCUT2D eigenvalue weighted by Crippen LogP contribution is -2.17. The van der Waals surface area contributed by atoms with Gasteiger partial charge in [-0.1, -0.05) is 0 Å². The first kappa shape index (κ1) is 14.6. The summed E-state index contributed by atoms with van der Waals surface area (Å²) in [5.74, 6) is 0.157. The third-order valence-corrected chi connectivity index (χ3v) is 2.15. The number of halogens is 3. The van der Waals surface area contributed by atoms with E-state index in [9.17, 15) is 18.3 Å². The third kappa shape index (κ3) is 5.77. The molecule has 101 valence electrons. The van der Waals surface area contributed by atoms with Crippen LogP contribution in [0.5, 0.6) is 11.5 Å². The van der Waals surface area contributed by atoms with E-state index in [2.05, 4.69) is 4.74 Å². The summed E-state index contributed by atoms with van der Waals surface area (Å²) in [6, 6.07) is 5.16. The molecular formula is C12H14F3O3. The molecule has 0 saturated heterocycles. The maximum Gasteiger partial charge on any atom is 0.573 e. The van der Waals surface area contributed by atoms with Gasteiger partial charge in [0, 0.05) is 0 Å². The zero-order valence-electron chi connectivity index (χ0n) is 9.87. The van der Waals surface area contributed by atoms with E-state index in [0.29, 0.717) is 18.6 Å². The van der Waals surface area contributed by atoms with E-state index in [0.717, 1.165) is 0 Å². The van der Waals surface area contributed by atoms with Crippen LogP contribution in [0.15, 0.2) is 24.3 Å². The first-order valence-corrected chi connectivity index (χ1v) is 5.51. The van der Waals surface area contributed by atoms with Crippen LogP contribution in [0.4, 0.5) is 13.2 Å². The van der Waals surface area contributed by atoms with Crippen molar-refractivity contribution in [2.24, 2.45) is 0 Å². The van der Waals surface area contributed by atoms with Crippen LogP contribution in [-0.2, 0) is 5.11 Å². The molecule has 0 bridgehead atoms. The van der Waals surface area contributed by atoms with Crippen molar-refractivity contribution in [3.63, 3.8) is 0 Å². The molecule has 18 heavy (non-hydrogen) atoms. The van der Waals surface area contributed by atoms with E-state index in [-0.39, 0.29) is 18.5 Å². The maximum atomic E-state index is 11.9. The molecule has 3 nitrogen and oxygen atoms in total. The van der Waals surface area contributed by atoms with Crippen LogP contribution in [0, 0.1) is 0 Å². The smallest absolute Gasteiger partial charge is 0.491 e. The summed E-state index contributed by atoms with van der Waals surface area (Å²) in [4.78, 5) is 0. The molecule has 0 fully saturated rings. The molecular weight excluding hydrogens is 249 g/mol. The average Bonchev–Trinajstić information content (AvgIpc) is 2.27. The fourth-order valence-corrected chi connectivity index (χ4v) is 1.38. The molecule has 0 aliphatic rings. The molecule has 1 atom stereocenters. The van der Waals surface area contributed by atoms with Gasteiger partial charge in [0.15, 0.2) is 0 Å². The lowest BCUT2D eigenvalue weighted by atomic mass is 10.2. The summed E-state index contributed by atoms with van der Waals surface area (Å²) in [7, 11) is 0. The second-order valence-electron chi connectivity index (χ2n) is 3.79. The van der Waals surface area contributed by atoms with E-state index in [1.54, 1.807) is 6.92 Å². The van der Waals surface area contributed by atoms with Crippen LogP contribution in [0.2, 0.25) is 0 Å². The molecule has 1 rings (SSSR count). The van der Waals surface area contributed by atoms with Crippen molar-refractivity contribution in [1.82, 2.24) is 0 Å². The number of alkyl halides is 3. The van der Waals surface area contributed by atoms with Gasteiger partial charge in [-0.25, -0.2) is 5.11 Å². The van der Waals surface area contributed by atoms with Crippen molar-refractivity contribution < 1.29 is 27.8 Å². The predicted molar refractivity (Wildman–Crippen MR) is 58.0 cm³/mol. The molecule has 0 saturated carbocycles. The van der Waals surface area contributed by atoms with Crippen LogP contribution in [0.1, 0.15) is 19.8 Å². The second kappa shape index (κ2) is 6.49. The Morgan fingerprint density at radius 1 is 1.17 bits per heavy atom. The van der Waals surface area contributed by atoms with Crippen molar-refractivity contribution in [2.45, 2.75) is 32.2 Å². The van der Waals surface area contributed by atoms with Crippen LogP contribution >= 0.6 is 0 Å². The van der Waals surface area contributed by atoms with Crippen molar-refractivity contribution in [1.29, 1.82) is 0 Å². The molecule has 0 heterocycles. The van der Waals surface area contributed by atoms with Crippen molar-refractivity contribution >= 4 is 0 Å². The molecule has 0 amide bonds. The number of hydrogen-bond donors (Lipinski definition) is 0. The largest absolute Gasteiger partial charge is 0.573 e. The van der Waals surface area contributed by atoms with E-state index < -0.39 is 6.36 Å². The Kier molecular flexibility index (Phi) is 5.27. The number of ether oxygens (including phenoxy) is 2. The first-order valence-electron chi connectivity index (χ1n) is 5.51. The Morgan fingerprint density at radius 3 is 2.22 bits per heavy atom. The lowest BCUT2D eigenvalue weighted by molar-refractivity contribution is -0.274. The van der Waals surface area contributed by atoms with Crippen molar-refractivity contribution in [3.8, 4) is 11.5 Å². The SMILES string of the molecule is CC(CCC[O])Oc1ccc(OC(F)(F)F)cc1. The lowest BCUT2D eigenvalue weighted by Gasteiger charge is -2.14. The molecule has 1 aromatic carbocycles. The molecule has 1 radical (unpaired) electrons. The summed E-state index contributed by atoms with van der Waals surface area (Å²) >= 11 is 0. The molecule has 0 aliphatic carbocycles. The average molecular weight is 263 g/mol. The first-order chi connectivity index (χ1) is 8.40. The highest BCUT2D eigenvalue weighted by Gasteiger charge is 2.30. The second-order valence-corrected chi connectivity index (χ2v) is 3.79. The highest BCUT2D eigenvalue weighted by molar-refractivity contribution is 5.31. The summed E-state index contributed by atoms with van der Waals surface area (Å²) in [5.41, 5.74) is 0. The summed E-state index contributed by atoms with van der Waals surface area (Å²) in [5, 5.41) is 10.3. The summed E-state index contributed by atoms with van der Waals surface area (Å²) in [6.07, 6.45) is -3.71. The molecule has 6 heteroatoms. The Hall–Kier alpha value is -1.43. The van der Waals surface area contributed by atoms with E-state index in [1.165, 1.54) is 24.3 Å². The monoisotopic (exact) mass is 263 g/mol. The van der Waals surface area contributed by atoms with Gasteiger partial charge in [0.2, 0.25) is 0 Å². The minimum Gasteiger partial charge on any atom is -0.491 e. The normalized spacial score (nSPS) is 13.2. The van der Waals surface area contributed by atoms with Gasteiger partial charge in [-0.2, -0.15) is 0 Å². The van der Waals surface area contributed by atoms with Crippen LogP contribution in [0.25, 0.3) is 0 Å². The zero-order valence-corrected chi connectivity index (χ0v) is 9.87. The fraction of sp³-hybridized carbons (Fsp3) is 0.500. The molecule has 0 aliphatic heterocycles. The summed E-state index contributed by atoms with van der Waals surface area (Å²) < 4.78 is 44.9.